The second-order valence-electron chi connectivity index (χ2n) is 2.95. The molecule has 1 aromatic rings. The maximum atomic E-state index is 10.4. The fourth-order valence-corrected chi connectivity index (χ4v) is 0.918. The van der Waals surface area contributed by atoms with Crippen LogP contribution in [0, 0.1) is 17.0 Å². The van der Waals surface area contributed by atoms with Crippen LogP contribution in [0.1, 0.15) is 5.56 Å². The van der Waals surface area contributed by atoms with Crippen LogP contribution in [0.15, 0.2) is 34.5 Å². The summed E-state index contributed by atoms with van der Waals surface area (Å²) in [5, 5.41) is 24.6. The lowest BCUT2D eigenvalue weighted by molar-refractivity contribution is -0.345. The highest BCUT2D eigenvalue weighted by Crippen LogP contribution is 2.08. The zero-order chi connectivity index (χ0) is 12.0. The van der Waals surface area contributed by atoms with Crippen molar-refractivity contribution in [2.24, 2.45) is 10.3 Å². The third-order valence-corrected chi connectivity index (χ3v) is 1.71. The summed E-state index contributed by atoms with van der Waals surface area (Å²) in [5.41, 5.74) is 4.16. The van der Waals surface area contributed by atoms with Crippen LogP contribution in [-0.4, -0.2) is 22.2 Å². The number of hydrogen-bond acceptors (Lipinski definition) is 6. The van der Waals surface area contributed by atoms with Crippen LogP contribution >= 0.6 is 0 Å². The Kier molecular flexibility index (Phi) is 3.96. The third kappa shape index (κ3) is 3.37. The molecule has 0 aliphatic carbocycles. The van der Waals surface area contributed by atoms with Gasteiger partial charge in [-0.05, 0) is 24.0 Å². The second kappa shape index (κ2) is 5.44. The predicted molar refractivity (Wildman–Crippen MR) is 59.5 cm³/mol. The molecule has 0 radical (unpaired) electrons. The molecule has 0 bridgehead atoms. The summed E-state index contributed by atoms with van der Waals surface area (Å²) in [6.45, 7) is 1.92. The van der Waals surface area contributed by atoms with Gasteiger partial charge in [-0.25, -0.2) is 0 Å². The van der Waals surface area contributed by atoms with E-state index < -0.39 is 10.8 Å². The normalized spacial score (nSPS) is 11.7. The molecule has 0 spiro atoms. The lowest BCUT2D eigenvalue weighted by Gasteiger charge is -1.96. The van der Waals surface area contributed by atoms with E-state index in [-0.39, 0.29) is 0 Å². The summed E-state index contributed by atoms with van der Waals surface area (Å²) in [5.74, 6) is -0.580. The summed E-state index contributed by atoms with van der Waals surface area (Å²) in [4.78, 5) is 9.63. The van der Waals surface area contributed by atoms with Gasteiger partial charge in [0.1, 0.15) is 0 Å². The Morgan fingerprint density at radius 2 is 2.12 bits per heavy atom. The fourth-order valence-electron chi connectivity index (χ4n) is 0.918. The van der Waals surface area contributed by atoms with E-state index in [2.05, 4.69) is 15.7 Å². The smallest absolute Gasteiger partial charge is 0.409 e. The number of aryl methyl sites for hydroxylation is 1. The fraction of sp³-hybridized carbons (Fsp3) is 0.111. The van der Waals surface area contributed by atoms with Gasteiger partial charge in [0.25, 0.3) is 0 Å². The van der Waals surface area contributed by atoms with Crippen molar-refractivity contribution in [3.05, 3.63) is 39.9 Å². The minimum atomic E-state index is -0.763. The average Bonchev–Trinajstić information content (AvgIpc) is 2.26. The number of nitro groups is 1. The molecule has 0 heterocycles. The minimum absolute atomic E-state index is 0.580. The lowest BCUT2D eigenvalue weighted by Crippen LogP contribution is -2.15. The van der Waals surface area contributed by atoms with E-state index in [4.69, 9.17) is 5.21 Å². The SMILES string of the molecule is Cc1ccc(N/N=C(\C=N\O)[N+](=O)[O-])cc1. The Morgan fingerprint density at radius 1 is 1.50 bits per heavy atom. The number of benzene rings is 1. The van der Waals surface area contributed by atoms with Crippen LogP contribution in [0.4, 0.5) is 5.69 Å². The highest BCUT2D eigenvalue weighted by Gasteiger charge is 2.09. The minimum Gasteiger partial charge on any atom is -0.411 e. The molecule has 0 aromatic heterocycles. The quantitative estimate of drug-likeness (QED) is 0.266. The summed E-state index contributed by atoms with van der Waals surface area (Å²) < 4.78 is 0. The number of rotatable bonds is 3. The molecule has 0 aliphatic rings. The Hall–Kier alpha value is -2.44. The van der Waals surface area contributed by atoms with Gasteiger partial charge in [-0.1, -0.05) is 22.9 Å². The highest BCUT2D eigenvalue weighted by atomic mass is 16.6. The summed E-state index contributed by atoms with van der Waals surface area (Å²) in [6, 6.07) is 7.13. The van der Waals surface area contributed by atoms with E-state index in [1.165, 1.54) is 0 Å². The van der Waals surface area contributed by atoms with Crippen LogP contribution in [0.3, 0.4) is 0 Å². The molecule has 0 amide bonds. The van der Waals surface area contributed by atoms with Gasteiger partial charge in [0, 0.05) is 0 Å². The van der Waals surface area contributed by atoms with Gasteiger partial charge >= 0.3 is 5.84 Å². The number of anilines is 1. The molecule has 7 heteroatoms. The maximum Gasteiger partial charge on any atom is 0.409 e. The van der Waals surface area contributed by atoms with E-state index in [9.17, 15) is 10.1 Å². The first-order chi connectivity index (χ1) is 7.63. The van der Waals surface area contributed by atoms with Crippen molar-refractivity contribution in [1.29, 1.82) is 0 Å². The van der Waals surface area contributed by atoms with E-state index >= 15 is 0 Å². The topological polar surface area (TPSA) is 100 Å². The van der Waals surface area contributed by atoms with Gasteiger partial charge in [0.15, 0.2) is 6.21 Å². The molecular formula is C9H10N4O3. The Morgan fingerprint density at radius 3 is 2.62 bits per heavy atom. The molecule has 0 atom stereocenters. The number of nitrogens with zero attached hydrogens (tertiary/aromatic N) is 3. The summed E-state index contributed by atoms with van der Waals surface area (Å²) in [7, 11) is 0. The second-order valence-corrected chi connectivity index (χ2v) is 2.95. The van der Waals surface area contributed by atoms with Crippen molar-refractivity contribution in [3.63, 3.8) is 0 Å². The Bertz CT molecular complexity index is 425. The number of nitrogens with one attached hydrogen (secondary N) is 1. The molecule has 7 nitrogen and oxygen atoms in total. The largest absolute Gasteiger partial charge is 0.411 e. The maximum absolute atomic E-state index is 10.4. The van der Waals surface area contributed by atoms with Gasteiger partial charge in [-0.3, -0.25) is 0 Å². The molecular weight excluding hydrogens is 212 g/mol. The number of oxime groups is 1. The van der Waals surface area contributed by atoms with Crippen LogP contribution in [-0.2, 0) is 0 Å². The zero-order valence-electron chi connectivity index (χ0n) is 8.49. The van der Waals surface area contributed by atoms with E-state index in [1.54, 1.807) is 12.1 Å². The molecule has 0 saturated carbocycles. The zero-order valence-corrected chi connectivity index (χ0v) is 8.49. The molecule has 84 valence electrons. The van der Waals surface area contributed by atoms with Gasteiger partial charge in [-0.15, -0.1) is 0 Å². The summed E-state index contributed by atoms with van der Waals surface area (Å²) >= 11 is 0. The highest BCUT2D eigenvalue weighted by molar-refractivity contribution is 6.25. The first kappa shape index (κ1) is 11.6. The van der Waals surface area contributed by atoms with Crippen LogP contribution < -0.4 is 5.43 Å². The summed E-state index contributed by atoms with van der Waals surface area (Å²) in [6.07, 6.45) is 0.640. The Labute approximate surface area is 91.2 Å². The first-order valence-electron chi connectivity index (χ1n) is 4.35. The van der Waals surface area contributed by atoms with E-state index in [0.717, 1.165) is 5.56 Å². The predicted octanol–water partition coefficient (Wildman–Crippen LogP) is 1.46. The molecule has 0 fully saturated rings. The van der Waals surface area contributed by atoms with Crippen molar-refractivity contribution in [2.75, 3.05) is 5.43 Å². The van der Waals surface area contributed by atoms with E-state index in [1.807, 2.05) is 19.1 Å². The van der Waals surface area contributed by atoms with Crippen LogP contribution in [0.2, 0.25) is 0 Å². The third-order valence-electron chi connectivity index (χ3n) is 1.71. The number of hydrazone groups is 1. The molecule has 16 heavy (non-hydrogen) atoms. The molecule has 1 aromatic carbocycles. The van der Waals surface area contributed by atoms with Crippen LogP contribution in [0.5, 0.6) is 0 Å². The van der Waals surface area contributed by atoms with Crippen LogP contribution in [0.25, 0.3) is 0 Å². The van der Waals surface area contributed by atoms with Crippen molar-refractivity contribution >= 4 is 17.7 Å². The standard InChI is InChI=1S/C9H10N4O3/c1-7-2-4-8(5-3-7)11-12-9(6-10-14)13(15)16/h2-6,11,14H,1H3/b10-6+,12-9+. The molecule has 0 unspecified atom stereocenters. The van der Waals surface area contributed by atoms with Crippen molar-refractivity contribution in [2.45, 2.75) is 6.92 Å². The number of hydrogen-bond donors (Lipinski definition) is 2. The molecule has 0 aliphatic heterocycles. The molecule has 0 saturated heterocycles. The first-order valence-corrected chi connectivity index (χ1v) is 4.35. The van der Waals surface area contributed by atoms with Crippen molar-refractivity contribution in [3.8, 4) is 0 Å². The lowest BCUT2D eigenvalue weighted by atomic mass is 10.2. The number of amidine groups is 1. The monoisotopic (exact) mass is 222 g/mol. The van der Waals surface area contributed by atoms with Crippen molar-refractivity contribution in [1.82, 2.24) is 0 Å². The molecule has 2 N–H and O–H groups in total. The average molecular weight is 222 g/mol. The van der Waals surface area contributed by atoms with Crippen molar-refractivity contribution < 1.29 is 10.1 Å². The Balaban J connectivity index is 2.77. The molecule has 1 rings (SSSR count). The van der Waals surface area contributed by atoms with E-state index in [0.29, 0.717) is 11.9 Å². The van der Waals surface area contributed by atoms with Gasteiger partial charge in [0.05, 0.1) is 10.8 Å². The van der Waals surface area contributed by atoms with Gasteiger partial charge < -0.3 is 15.3 Å². The van der Waals surface area contributed by atoms with Gasteiger partial charge in [0.2, 0.25) is 0 Å². The van der Waals surface area contributed by atoms with Gasteiger partial charge in [-0.2, -0.15) is 5.43 Å².